The SMILES string of the molecule is COc1ccc(-c2nc(C)c(CC(=O)NCCN3CCOCC3)s2)cc1. The minimum atomic E-state index is 0.0475. The van der Waals surface area contributed by atoms with Crippen LogP contribution in [0, 0.1) is 6.92 Å². The summed E-state index contributed by atoms with van der Waals surface area (Å²) in [4.78, 5) is 20.2. The quantitative estimate of drug-likeness (QED) is 0.803. The third kappa shape index (κ3) is 5.03. The Hall–Kier alpha value is -1.96. The molecule has 0 saturated carbocycles. The number of amides is 1. The van der Waals surface area contributed by atoms with E-state index in [1.807, 2.05) is 31.2 Å². The molecule has 2 heterocycles. The largest absolute Gasteiger partial charge is 0.497 e. The van der Waals surface area contributed by atoms with Crippen LogP contribution in [0.3, 0.4) is 0 Å². The molecule has 1 aromatic carbocycles. The number of aromatic nitrogens is 1. The molecule has 0 atom stereocenters. The number of carbonyl (C=O) groups is 1. The maximum absolute atomic E-state index is 12.2. The molecule has 140 valence electrons. The Morgan fingerprint density at radius 1 is 1.31 bits per heavy atom. The van der Waals surface area contributed by atoms with Gasteiger partial charge in [0, 0.05) is 36.6 Å². The Kier molecular flexibility index (Phi) is 6.60. The predicted molar refractivity (Wildman–Crippen MR) is 103 cm³/mol. The maximum Gasteiger partial charge on any atom is 0.225 e. The molecule has 1 aliphatic heterocycles. The average molecular weight is 375 g/mol. The van der Waals surface area contributed by atoms with Gasteiger partial charge in [-0.25, -0.2) is 4.98 Å². The van der Waals surface area contributed by atoms with Crippen LogP contribution in [0.5, 0.6) is 5.75 Å². The summed E-state index contributed by atoms with van der Waals surface area (Å²) < 4.78 is 10.5. The van der Waals surface area contributed by atoms with E-state index in [1.54, 1.807) is 18.4 Å². The molecule has 1 saturated heterocycles. The van der Waals surface area contributed by atoms with E-state index in [0.29, 0.717) is 13.0 Å². The predicted octanol–water partition coefficient (Wildman–Crippen LogP) is 2.12. The molecule has 26 heavy (non-hydrogen) atoms. The molecular weight excluding hydrogens is 350 g/mol. The van der Waals surface area contributed by atoms with Crippen molar-refractivity contribution in [1.82, 2.24) is 15.2 Å². The number of thiazole rings is 1. The second kappa shape index (κ2) is 9.12. The van der Waals surface area contributed by atoms with Crippen molar-refractivity contribution in [2.24, 2.45) is 0 Å². The molecule has 1 fully saturated rings. The number of aryl methyl sites for hydroxylation is 1. The van der Waals surface area contributed by atoms with E-state index < -0.39 is 0 Å². The topological polar surface area (TPSA) is 63.7 Å². The molecule has 7 heteroatoms. The highest BCUT2D eigenvalue weighted by molar-refractivity contribution is 7.15. The van der Waals surface area contributed by atoms with E-state index in [-0.39, 0.29) is 5.91 Å². The highest BCUT2D eigenvalue weighted by Gasteiger charge is 2.14. The van der Waals surface area contributed by atoms with Gasteiger partial charge in [0.25, 0.3) is 0 Å². The van der Waals surface area contributed by atoms with E-state index in [4.69, 9.17) is 9.47 Å². The van der Waals surface area contributed by atoms with Crippen molar-refractivity contribution < 1.29 is 14.3 Å². The first kappa shape index (κ1) is 18.8. The first-order chi connectivity index (χ1) is 12.7. The number of carbonyl (C=O) groups excluding carboxylic acids is 1. The number of hydrogen-bond acceptors (Lipinski definition) is 6. The second-order valence-corrected chi connectivity index (χ2v) is 7.32. The van der Waals surface area contributed by atoms with Crippen LogP contribution in [-0.4, -0.2) is 62.3 Å². The molecule has 1 aliphatic rings. The lowest BCUT2D eigenvalue weighted by Gasteiger charge is -2.26. The number of nitrogens with zero attached hydrogens (tertiary/aromatic N) is 2. The van der Waals surface area contributed by atoms with Crippen molar-refractivity contribution in [2.75, 3.05) is 46.5 Å². The smallest absolute Gasteiger partial charge is 0.225 e. The molecular formula is C19H25N3O3S. The second-order valence-electron chi connectivity index (χ2n) is 6.24. The Labute approximate surface area is 158 Å². The zero-order valence-corrected chi connectivity index (χ0v) is 16.1. The zero-order chi connectivity index (χ0) is 18.4. The molecule has 0 aliphatic carbocycles. The summed E-state index contributed by atoms with van der Waals surface area (Å²) in [5.74, 6) is 0.869. The van der Waals surface area contributed by atoms with Crippen LogP contribution in [0.25, 0.3) is 10.6 Å². The van der Waals surface area contributed by atoms with E-state index in [1.165, 1.54) is 0 Å². The van der Waals surface area contributed by atoms with Gasteiger partial charge in [0.1, 0.15) is 10.8 Å². The Morgan fingerprint density at radius 3 is 2.73 bits per heavy atom. The van der Waals surface area contributed by atoms with Crippen LogP contribution in [0.1, 0.15) is 10.6 Å². The number of ether oxygens (including phenoxy) is 2. The lowest BCUT2D eigenvalue weighted by atomic mass is 10.2. The van der Waals surface area contributed by atoms with Crippen LogP contribution in [-0.2, 0) is 16.0 Å². The highest BCUT2D eigenvalue weighted by Crippen LogP contribution is 2.29. The molecule has 3 rings (SSSR count). The van der Waals surface area contributed by atoms with Crippen LogP contribution in [0.2, 0.25) is 0 Å². The number of rotatable bonds is 7. The van der Waals surface area contributed by atoms with E-state index in [9.17, 15) is 4.79 Å². The van der Waals surface area contributed by atoms with E-state index in [0.717, 1.165) is 59.7 Å². The first-order valence-corrected chi connectivity index (χ1v) is 9.65. The summed E-state index contributed by atoms with van der Waals surface area (Å²) in [6.45, 7) is 6.93. The molecule has 0 spiro atoms. The van der Waals surface area contributed by atoms with Gasteiger partial charge in [-0.2, -0.15) is 0 Å². The normalized spacial score (nSPS) is 15.0. The monoisotopic (exact) mass is 375 g/mol. The Morgan fingerprint density at radius 2 is 2.04 bits per heavy atom. The Bertz CT molecular complexity index is 724. The van der Waals surface area contributed by atoms with Crippen LogP contribution in [0.4, 0.5) is 0 Å². The average Bonchev–Trinajstić information content (AvgIpc) is 3.03. The third-order valence-electron chi connectivity index (χ3n) is 4.40. The highest BCUT2D eigenvalue weighted by atomic mass is 32.1. The van der Waals surface area contributed by atoms with Gasteiger partial charge in [-0.1, -0.05) is 0 Å². The summed E-state index contributed by atoms with van der Waals surface area (Å²) in [6.07, 6.45) is 0.378. The van der Waals surface area contributed by atoms with Crippen molar-refractivity contribution in [3.8, 4) is 16.3 Å². The maximum atomic E-state index is 12.2. The fourth-order valence-corrected chi connectivity index (χ4v) is 3.90. The number of nitrogens with one attached hydrogen (secondary N) is 1. The van der Waals surface area contributed by atoms with Crippen molar-refractivity contribution in [3.63, 3.8) is 0 Å². The molecule has 0 bridgehead atoms. The summed E-state index contributed by atoms with van der Waals surface area (Å²) in [6, 6.07) is 7.82. The summed E-state index contributed by atoms with van der Waals surface area (Å²) >= 11 is 1.58. The van der Waals surface area contributed by atoms with Gasteiger partial charge >= 0.3 is 0 Å². The number of morpholine rings is 1. The standard InChI is InChI=1S/C19H25N3O3S/c1-14-17(13-18(23)20-7-8-22-9-11-25-12-10-22)26-19(21-14)15-3-5-16(24-2)6-4-15/h3-6H,7-13H2,1-2H3,(H,20,23). The van der Waals surface area contributed by atoms with Gasteiger partial charge < -0.3 is 14.8 Å². The summed E-state index contributed by atoms with van der Waals surface area (Å²) in [7, 11) is 1.65. The molecule has 0 radical (unpaired) electrons. The first-order valence-electron chi connectivity index (χ1n) is 8.83. The minimum absolute atomic E-state index is 0.0475. The van der Waals surface area contributed by atoms with Crippen LogP contribution < -0.4 is 10.1 Å². The number of benzene rings is 1. The van der Waals surface area contributed by atoms with E-state index in [2.05, 4.69) is 15.2 Å². The fourth-order valence-electron chi connectivity index (χ4n) is 2.84. The lowest BCUT2D eigenvalue weighted by molar-refractivity contribution is -0.120. The Balaban J connectivity index is 1.52. The molecule has 2 aromatic rings. The fraction of sp³-hybridized carbons (Fsp3) is 0.474. The summed E-state index contributed by atoms with van der Waals surface area (Å²) in [5, 5.41) is 3.94. The molecule has 0 unspecified atom stereocenters. The van der Waals surface area contributed by atoms with Gasteiger partial charge in [0.05, 0.1) is 32.4 Å². The van der Waals surface area contributed by atoms with Gasteiger partial charge in [-0.3, -0.25) is 9.69 Å². The van der Waals surface area contributed by atoms with E-state index >= 15 is 0 Å². The zero-order valence-electron chi connectivity index (χ0n) is 15.3. The molecule has 1 aromatic heterocycles. The molecule has 6 nitrogen and oxygen atoms in total. The molecule has 1 amide bonds. The number of methoxy groups -OCH3 is 1. The molecule has 1 N–H and O–H groups in total. The minimum Gasteiger partial charge on any atom is -0.497 e. The van der Waals surface area contributed by atoms with Crippen LogP contribution in [0.15, 0.2) is 24.3 Å². The van der Waals surface area contributed by atoms with Crippen molar-refractivity contribution in [1.29, 1.82) is 0 Å². The van der Waals surface area contributed by atoms with Crippen molar-refractivity contribution in [2.45, 2.75) is 13.3 Å². The van der Waals surface area contributed by atoms with Gasteiger partial charge in [0.2, 0.25) is 5.91 Å². The number of hydrogen-bond donors (Lipinski definition) is 1. The van der Waals surface area contributed by atoms with Gasteiger partial charge in [-0.05, 0) is 31.2 Å². The van der Waals surface area contributed by atoms with Crippen molar-refractivity contribution in [3.05, 3.63) is 34.8 Å². The third-order valence-corrected chi connectivity index (χ3v) is 5.61. The van der Waals surface area contributed by atoms with Gasteiger partial charge in [-0.15, -0.1) is 11.3 Å². The lowest BCUT2D eigenvalue weighted by Crippen LogP contribution is -2.41. The summed E-state index contributed by atoms with van der Waals surface area (Å²) in [5.41, 5.74) is 1.96. The van der Waals surface area contributed by atoms with Crippen LogP contribution >= 0.6 is 11.3 Å². The van der Waals surface area contributed by atoms with Gasteiger partial charge in [0.15, 0.2) is 0 Å². The van der Waals surface area contributed by atoms with Crippen molar-refractivity contribution >= 4 is 17.2 Å².